The van der Waals surface area contributed by atoms with Crippen LogP contribution in [-0.2, 0) is 28.5 Å². The van der Waals surface area contributed by atoms with E-state index in [9.17, 15) is 45.6 Å². The molecule has 0 aliphatic carbocycles. The first-order valence-corrected chi connectivity index (χ1v) is 10.4. The number of carbonyl (C=O) groups excluding carboxylic acids is 1. The largest absolute Gasteiger partial charge is 0.394 e. The summed E-state index contributed by atoms with van der Waals surface area (Å²) in [5.41, 5.74) is 0. The Morgan fingerprint density at radius 3 is 2.12 bits per heavy atom. The van der Waals surface area contributed by atoms with Crippen molar-refractivity contribution in [3.05, 3.63) is 0 Å². The number of aliphatic hydroxyl groups excluding tert-OH is 8. The zero-order valence-corrected chi connectivity index (χ0v) is 17.7. The molecule has 3 aliphatic rings. The van der Waals surface area contributed by atoms with Crippen molar-refractivity contribution in [3.63, 3.8) is 0 Å². The molecule has 1 amide bonds. The van der Waals surface area contributed by atoms with Gasteiger partial charge in [-0.25, -0.2) is 0 Å². The summed E-state index contributed by atoms with van der Waals surface area (Å²) in [6, 6.07) is -1.35. The summed E-state index contributed by atoms with van der Waals surface area (Å²) < 4.78 is 26.9. The molecule has 192 valence electrons. The Bertz CT molecular complexity index is 656. The number of amides is 1. The second-order valence-corrected chi connectivity index (χ2v) is 8.18. The molecule has 3 rings (SSSR count). The number of aliphatic hydroxyl groups is 8. The Morgan fingerprint density at radius 2 is 1.48 bits per heavy atom. The maximum atomic E-state index is 11.6. The third-order valence-electron chi connectivity index (χ3n) is 5.71. The van der Waals surface area contributed by atoms with Gasteiger partial charge in [0.15, 0.2) is 18.9 Å². The molecule has 3 aliphatic heterocycles. The predicted octanol–water partition coefficient (Wildman–Crippen LogP) is -6.15. The minimum Gasteiger partial charge on any atom is -0.394 e. The van der Waals surface area contributed by atoms with Gasteiger partial charge in [0, 0.05) is 6.92 Å². The lowest BCUT2D eigenvalue weighted by Crippen LogP contribution is -2.67. The van der Waals surface area contributed by atoms with Gasteiger partial charge in [-0.05, 0) is 0 Å². The summed E-state index contributed by atoms with van der Waals surface area (Å²) in [7, 11) is 0. The molecule has 0 spiro atoms. The van der Waals surface area contributed by atoms with Gasteiger partial charge < -0.3 is 69.9 Å². The van der Waals surface area contributed by atoms with E-state index in [2.05, 4.69) is 5.32 Å². The lowest BCUT2D eigenvalue weighted by molar-refractivity contribution is -0.363. The SMILES string of the molecule is CC(=O)N[C@H]1[C@H](O[C@@H]2[C@@H](O[C@@H]3OC[C@H](O)[C@H](O)[C@H]3O)[C@@H](O)CO[C@H]2O)O[C@H](CO)[C@@H](O)[C@@H]1O. The predicted molar refractivity (Wildman–Crippen MR) is 101 cm³/mol. The van der Waals surface area contributed by atoms with Gasteiger partial charge >= 0.3 is 0 Å². The van der Waals surface area contributed by atoms with Crippen LogP contribution >= 0.6 is 0 Å². The maximum Gasteiger partial charge on any atom is 0.217 e. The van der Waals surface area contributed by atoms with Gasteiger partial charge in [0.05, 0.1) is 19.8 Å². The molecule has 0 saturated carbocycles. The number of nitrogens with one attached hydrogen (secondary N) is 1. The van der Waals surface area contributed by atoms with Crippen LogP contribution in [0.4, 0.5) is 0 Å². The van der Waals surface area contributed by atoms with Crippen molar-refractivity contribution < 1.29 is 69.3 Å². The highest BCUT2D eigenvalue weighted by atomic mass is 16.7. The highest BCUT2D eigenvalue weighted by molar-refractivity contribution is 5.73. The molecule has 0 aromatic heterocycles. The van der Waals surface area contributed by atoms with Gasteiger partial charge in [-0.3, -0.25) is 4.79 Å². The van der Waals surface area contributed by atoms with Crippen LogP contribution in [0.1, 0.15) is 6.92 Å². The quantitative estimate of drug-likeness (QED) is 0.170. The minimum atomic E-state index is -1.72. The van der Waals surface area contributed by atoms with E-state index in [4.69, 9.17) is 23.7 Å². The van der Waals surface area contributed by atoms with Crippen molar-refractivity contribution in [2.75, 3.05) is 19.8 Å². The smallest absolute Gasteiger partial charge is 0.217 e. The van der Waals surface area contributed by atoms with Gasteiger partial charge in [-0.1, -0.05) is 0 Å². The van der Waals surface area contributed by atoms with Crippen LogP contribution in [0.2, 0.25) is 0 Å². The highest BCUT2D eigenvalue weighted by Gasteiger charge is 2.51. The van der Waals surface area contributed by atoms with Gasteiger partial charge in [0.2, 0.25) is 5.91 Å². The lowest BCUT2D eigenvalue weighted by Gasteiger charge is -2.47. The van der Waals surface area contributed by atoms with Crippen LogP contribution in [-0.4, -0.2) is 146 Å². The second kappa shape index (κ2) is 11.1. The van der Waals surface area contributed by atoms with Crippen molar-refractivity contribution in [2.24, 2.45) is 0 Å². The summed E-state index contributed by atoms with van der Waals surface area (Å²) in [4.78, 5) is 11.6. The second-order valence-electron chi connectivity index (χ2n) is 8.18. The van der Waals surface area contributed by atoms with E-state index < -0.39 is 99.0 Å². The Balaban J connectivity index is 1.80. The number of carbonyl (C=O) groups is 1. The summed E-state index contributed by atoms with van der Waals surface area (Å²) in [6.07, 6.45) is -18.4. The lowest BCUT2D eigenvalue weighted by atomic mass is 9.96. The van der Waals surface area contributed by atoms with Crippen LogP contribution in [0.15, 0.2) is 0 Å². The molecule has 15 nitrogen and oxygen atoms in total. The van der Waals surface area contributed by atoms with Crippen LogP contribution < -0.4 is 5.32 Å². The van der Waals surface area contributed by atoms with E-state index in [1.54, 1.807) is 0 Å². The first kappa shape index (κ1) is 26.6. The number of ether oxygens (including phenoxy) is 5. The van der Waals surface area contributed by atoms with Crippen LogP contribution in [0.5, 0.6) is 0 Å². The Morgan fingerprint density at radius 1 is 0.848 bits per heavy atom. The summed E-state index contributed by atoms with van der Waals surface area (Å²) in [6.45, 7) is -0.348. The van der Waals surface area contributed by atoms with Gasteiger partial charge in [0.1, 0.15) is 61.0 Å². The zero-order chi connectivity index (χ0) is 24.4. The van der Waals surface area contributed by atoms with E-state index >= 15 is 0 Å². The zero-order valence-electron chi connectivity index (χ0n) is 17.7. The van der Waals surface area contributed by atoms with E-state index in [0.717, 1.165) is 6.92 Å². The van der Waals surface area contributed by atoms with Gasteiger partial charge in [-0.2, -0.15) is 0 Å². The van der Waals surface area contributed by atoms with E-state index in [0.29, 0.717) is 0 Å². The number of hydrogen-bond donors (Lipinski definition) is 9. The van der Waals surface area contributed by atoms with Crippen molar-refractivity contribution in [3.8, 4) is 0 Å². The first-order chi connectivity index (χ1) is 15.5. The van der Waals surface area contributed by atoms with E-state index in [1.807, 2.05) is 0 Å². The monoisotopic (exact) mass is 485 g/mol. The van der Waals surface area contributed by atoms with Crippen molar-refractivity contribution in [2.45, 2.75) is 86.8 Å². The molecular weight excluding hydrogens is 454 g/mol. The molecule has 3 heterocycles. The molecule has 3 saturated heterocycles. The maximum absolute atomic E-state index is 11.6. The Hall–Kier alpha value is -1.05. The molecule has 3 fully saturated rings. The van der Waals surface area contributed by atoms with Crippen molar-refractivity contribution in [1.82, 2.24) is 5.32 Å². The van der Waals surface area contributed by atoms with Crippen LogP contribution in [0.25, 0.3) is 0 Å². The Kier molecular flexibility index (Phi) is 8.95. The molecule has 0 unspecified atom stereocenters. The molecule has 0 bridgehead atoms. The van der Waals surface area contributed by atoms with Crippen molar-refractivity contribution in [1.29, 1.82) is 0 Å². The fourth-order valence-electron chi connectivity index (χ4n) is 3.88. The normalized spacial score (nSPS) is 48.9. The standard InChI is InChI=1S/C18H31NO14/c1-5(21)19-9-12(26)11(25)8(2-20)31-17(9)33-15-14(7(23)4-29-16(15)28)32-18-13(27)10(24)6(22)3-30-18/h6-18,20,22-28H,2-4H2,1H3,(H,19,21)/t6-,7-,8+,9+,10-,11+,12+,13+,14-,15+,16+,17-,18-/m0/s1. The number of hydrogen-bond acceptors (Lipinski definition) is 14. The van der Waals surface area contributed by atoms with Gasteiger partial charge in [0.25, 0.3) is 0 Å². The summed E-state index contributed by atoms with van der Waals surface area (Å²) in [5, 5.41) is 82.6. The first-order valence-electron chi connectivity index (χ1n) is 10.4. The molecule has 0 aromatic rings. The fraction of sp³-hybridized carbons (Fsp3) is 0.944. The molecular formula is C18H31NO14. The third kappa shape index (κ3) is 5.79. The molecule has 13 atom stereocenters. The molecule has 0 radical (unpaired) electrons. The molecule has 9 N–H and O–H groups in total. The average Bonchev–Trinajstić information content (AvgIpc) is 2.77. The van der Waals surface area contributed by atoms with Crippen LogP contribution in [0.3, 0.4) is 0 Å². The van der Waals surface area contributed by atoms with E-state index in [1.165, 1.54) is 0 Å². The summed E-state index contributed by atoms with van der Waals surface area (Å²) in [5.74, 6) is -0.606. The highest BCUT2D eigenvalue weighted by Crippen LogP contribution is 2.30. The molecule has 0 aromatic carbocycles. The van der Waals surface area contributed by atoms with Crippen LogP contribution in [0, 0.1) is 0 Å². The Labute approximate surface area is 188 Å². The summed E-state index contributed by atoms with van der Waals surface area (Å²) >= 11 is 0. The topological polar surface area (TPSA) is 237 Å². The van der Waals surface area contributed by atoms with E-state index in [-0.39, 0.29) is 6.61 Å². The fourth-order valence-corrected chi connectivity index (χ4v) is 3.88. The molecule has 33 heavy (non-hydrogen) atoms. The number of rotatable bonds is 6. The minimum absolute atomic E-state index is 0.380. The van der Waals surface area contributed by atoms with Crippen molar-refractivity contribution >= 4 is 5.91 Å². The third-order valence-corrected chi connectivity index (χ3v) is 5.71. The molecule has 15 heteroatoms. The average molecular weight is 485 g/mol. The van der Waals surface area contributed by atoms with Gasteiger partial charge in [-0.15, -0.1) is 0 Å².